The van der Waals surface area contributed by atoms with E-state index in [1.54, 1.807) is 23.5 Å². The van der Waals surface area contributed by atoms with Gasteiger partial charge in [-0.05, 0) is 37.3 Å². The van der Waals surface area contributed by atoms with Gasteiger partial charge >= 0.3 is 12.1 Å². The summed E-state index contributed by atoms with van der Waals surface area (Å²) in [5.74, 6) is -3.75. The molecule has 0 fully saturated rings. The van der Waals surface area contributed by atoms with Crippen LogP contribution in [0, 0.1) is 5.82 Å². The Bertz CT molecular complexity index is 819. The molecule has 0 radical (unpaired) electrons. The quantitative estimate of drug-likeness (QED) is 0.491. The molecule has 0 saturated heterocycles. The van der Waals surface area contributed by atoms with E-state index in [-0.39, 0.29) is 18.4 Å². The van der Waals surface area contributed by atoms with Crippen molar-refractivity contribution in [1.82, 2.24) is 0 Å². The molecular formula is C17H13F4NO4. The first-order chi connectivity index (χ1) is 12.0. The number of aliphatic hydroxyl groups is 1. The van der Waals surface area contributed by atoms with Crippen LogP contribution < -0.4 is 10.1 Å². The smallest absolute Gasteiger partial charge is 0.423 e. The number of esters is 1. The number of alkyl halides is 3. The fourth-order valence-electron chi connectivity index (χ4n) is 1.79. The van der Waals surface area contributed by atoms with Crippen LogP contribution in [0.5, 0.6) is 5.75 Å². The number of amides is 1. The summed E-state index contributed by atoms with van der Waals surface area (Å²) >= 11 is 0. The van der Waals surface area contributed by atoms with Gasteiger partial charge in [-0.25, -0.2) is 9.18 Å². The zero-order valence-electron chi connectivity index (χ0n) is 13.3. The van der Waals surface area contributed by atoms with Crippen LogP contribution in [-0.4, -0.2) is 28.8 Å². The second-order valence-electron chi connectivity index (χ2n) is 5.42. The van der Waals surface area contributed by atoms with E-state index in [1.165, 1.54) is 12.1 Å². The standard InChI is InChI=1S/C17H13F4NO4/c1-16(25,17(19,20)21)15(24)22-10-7-8-12(13(18)9-10)14(23)26-11-5-3-2-4-6-11/h2-9,25H,1H3,(H,22,24). The molecule has 0 aromatic heterocycles. The van der Waals surface area contributed by atoms with E-state index in [1.807, 2.05) is 0 Å². The first kappa shape index (κ1) is 19.4. The first-order valence-electron chi connectivity index (χ1n) is 7.19. The van der Waals surface area contributed by atoms with Crippen LogP contribution in [0.25, 0.3) is 0 Å². The number of carbonyl (C=O) groups is 2. The van der Waals surface area contributed by atoms with Gasteiger partial charge in [-0.1, -0.05) is 18.2 Å². The Balaban J connectivity index is 2.14. The highest BCUT2D eigenvalue weighted by atomic mass is 19.4. The van der Waals surface area contributed by atoms with Crippen molar-refractivity contribution in [3.63, 3.8) is 0 Å². The molecule has 0 heterocycles. The van der Waals surface area contributed by atoms with Crippen molar-refractivity contribution >= 4 is 17.6 Å². The topological polar surface area (TPSA) is 75.6 Å². The number of para-hydroxylation sites is 1. The van der Waals surface area contributed by atoms with Crippen LogP contribution in [0.3, 0.4) is 0 Å². The lowest BCUT2D eigenvalue weighted by atomic mass is 10.1. The van der Waals surface area contributed by atoms with Crippen LogP contribution >= 0.6 is 0 Å². The molecule has 2 aromatic rings. The van der Waals surface area contributed by atoms with Gasteiger partial charge in [0, 0.05) is 5.69 Å². The molecule has 26 heavy (non-hydrogen) atoms. The van der Waals surface area contributed by atoms with Gasteiger partial charge in [0.05, 0.1) is 5.56 Å². The fraction of sp³-hybridized carbons (Fsp3) is 0.176. The maximum Gasteiger partial charge on any atom is 0.426 e. The van der Waals surface area contributed by atoms with E-state index in [2.05, 4.69) is 0 Å². The molecule has 1 unspecified atom stereocenters. The van der Waals surface area contributed by atoms with Crippen LogP contribution in [0.15, 0.2) is 48.5 Å². The molecule has 2 N–H and O–H groups in total. The molecule has 5 nitrogen and oxygen atoms in total. The van der Waals surface area contributed by atoms with E-state index in [9.17, 15) is 32.3 Å². The van der Waals surface area contributed by atoms with E-state index in [4.69, 9.17) is 4.74 Å². The van der Waals surface area contributed by atoms with Gasteiger partial charge in [0.25, 0.3) is 5.91 Å². The Morgan fingerprint density at radius 1 is 1.08 bits per heavy atom. The average molecular weight is 371 g/mol. The van der Waals surface area contributed by atoms with Crippen molar-refractivity contribution in [1.29, 1.82) is 0 Å². The molecule has 0 bridgehead atoms. The number of anilines is 1. The number of rotatable bonds is 4. The summed E-state index contributed by atoms with van der Waals surface area (Å²) in [6.45, 7) is 0.268. The van der Waals surface area contributed by atoms with Gasteiger partial charge in [-0.3, -0.25) is 4.79 Å². The number of carbonyl (C=O) groups excluding carboxylic acids is 2. The summed E-state index contributed by atoms with van der Waals surface area (Å²) in [5.41, 5.74) is -4.50. The molecule has 1 amide bonds. The highest BCUT2D eigenvalue weighted by Gasteiger charge is 2.55. The molecule has 138 valence electrons. The molecule has 1 atom stereocenters. The highest BCUT2D eigenvalue weighted by Crippen LogP contribution is 2.31. The Hall–Kier alpha value is -2.94. The number of nitrogens with one attached hydrogen (secondary N) is 1. The van der Waals surface area contributed by atoms with Crippen molar-refractivity contribution in [2.75, 3.05) is 5.32 Å². The van der Waals surface area contributed by atoms with Gasteiger partial charge < -0.3 is 15.2 Å². The van der Waals surface area contributed by atoms with E-state index < -0.39 is 35.0 Å². The van der Waals surface area contributed by atoms with Gasteiger partial charge in [0.15, 0.2) is 0 Å². The second-order valence-corrected chi connectivity index (χ2v) is 5.42. The van der Waals surface area contributed by atoms with Gasteiger partial charge in [-0.2, -0.15) is 13.2 Å². The maximum atomic E-state index is 14.0. The first-order valence-corrected chi connectivity index (χ1v) is 7.19. The largest absolute Gasteiger partial charge is 0.426 e. The molecule has 2 rings (SSSR count). The average Bonchev–Trinajstić information content (AvgIpc) is 2.54. The number of halogens is 4. The predicted molar refractivity (Wildman–Crippen MR) is 83.1 cm³/mol. The molecule has 9 heteroatoms. The third-order valence-corrected chi connectivity index (χ3v) is 3.39. The SMILES string of the molecule is CC(O)(C(=O)Nc1ccc(C(=O)Oc2ccccc2)c(F)c1)C(F)(F)F. The van der Waals surface area contributed by atoms with Crippen LogP contribution in [-0.2, 0) is 4.79 Å². The van der Waals surface area contributed by atoms with Gasteiger partial charge in [-0.15, -0.1) is 0 Å². The van der Waals surface area contributed by atoms with Crippen LogP contribution in [0.2, 0.25) is 0 Å². The Kier molecular flexibility index (Phi) is 5.31. The molecular weight excluding hydrogens is 358 g/mol. The minimum atomic E-state index is -5.21. The predicted octanol–water partition coefficient (Wildman–Crippen LogP) is 3.30. The summed E-state index contributed by atoms with van der Waals surface area (Å²) in [5, 5.41) is 11.0. The molecule has 2 aromatic carbocycles. The Morgan fingerprint density at radius 2 is 1.69 bits per heavy atom. The van der Waals surface area contributed by atoms with Crippen LogP contribution in [0.4, 0.5) is 23.2 Å². The molecule has 0 spiro atoms. The zero-order chi connectivity index (χ0) is 19.5. The lowest BCUT2D eigenvalue weighted by Gasteiger charge is -2.24. The van der Waals surface area contributed by atoms with E-state index in [0.29, 0.717) is 6.07 Å². The second kappa shape index (κ2) is 7.12. The summed E-state index contributed by atoms with van der Waals surface area (Å²) in [7, 11) is 0. The van der Waals surface area contributed by atoms with Crippen molar-refractivity contribution in [3.8, 4) is 5.75 Å². The normalized spacial score (nSPS) is 13.6. The summed E-state index contributed by atoms with van der Waals surface area (Å²) in [4.78, 5) is 23.5. The van der Waals surface area contributed by atoms with E-state index >= 15 is 0 Å². The third-order valence-electron chi connectivity index (χ3n) is 3.39. The Labute approximate surface area is 145 Å². The summed E-state index contributed by atoms with van der Waals surface area (Å²) in [6.07, 6.45) is -5.21. The van der Waals surface area contributed by atoms with Crippen molar-refractivity contribution in [3.05, 3.63) is 59.9 Å². The summed E-state index contributed by atoms with van der Waals surface area (Å²) < 4.78 is 56.8. The highest BCUT2D eigenvalue weighted by molar-refractivity contribution is 5.98. The lowest BCUT2D eigenvalue weighted by molar-refractivity contribution is -0.242. The maximum absolute atomic E-state index is 14.0. The van der Waals surface area contributed by atoms with Crippen molar-refractivity contribution in [2.45, 2.75) is 18.7 Å². The third kappa shape index (κ3) is 4.17. The minimum Gasteiger partial charge on any atom is -0.423 e. The number of ether oxygens (including phenoxy) is 1. The Morgan fingerprint density at radius 3 is 2.23 bits per heavy atom. The van der Waals surface area contributed by atoms with Crippen molar-refractivity contribution in [2.24, 2.45) is 0 Å². The lowest BCUT2D eigenvalue weighted by Crippen LogP contribution is -2.52. The van der Waals surface area contributed by atoms with Gasteiger partial charge in [0.2, 0.25) is 5.60 Å². The monoisotopic (exact) mass is 371 g/mol. The number of hydrogen-bond acceptors (Lipinski definition) is 4. The fourth-order valence-corrected chi connectivity index (χ4v) is 1.79. The van der Waals surface area contributed by atoms with E-state index in [0.717, 1.165) is 12.1 Å². The molecule has 0 aliphatic rings. The molecule has 0 aliphatic carbocycles. The van der Waals surface area contributed by atoms with Crippen LogP contribution in [0.1, 0.15) is 17.3 Å². The number of benzene rings is 2. The zero-order valence-corrected chi connectivity index (χ0v) is 13.3. The summed E-state index contributed by atoms with van der Waals surface area (Å²) in [6, 6.07) is 10.4. The molecule has 0 aliphatic heterocycles. The molecule has 0 saturated carbocycles. The number of hydrogen-bond donors (Lipinski definition) is 2. The van der Waals surface area contributed by atoms with Gasteiger partial charge in [0.1, 0.15) is 11.6 Å². The van der Waals surface area contributed by atoms with Crippen molar-refractivity contribution < 1.29 is 37.0 Å². The minimum absolute atomic E-state index is 0.176.